The van der Waals surface area contributed by atoms with Gasteiger partial charge in [0.15, 0.2) is 5.13 Å². The predicted octanol–water partition coefficient (Wildman–Crippen LogP) is 1.72. The Morgan fingerprint density at radius 2 is 2.06 bits per heavy atom. The molecule has 5 heteroatoms. The van der Waals surface area contributed by atoms with Crippen LogP contribution >= 0.6 is 11.3 Å². The van der Waals surface area contributed by atoms with Gasteiger partial charge in [-0.3, -0.25) is 0 Å². The lowest BCUT2D eigenvalue weighted by molar-refractivity contribution is 0.301. The minimum Gasteiger partial charge on any atom is -0.395 e. The molecule has 2 aromatic rings. The van der Waals surface area contributed by atoms with E-state index in [4.69, 9.17) is 10.8 Å². The summed E-state index contributed by atoms with van der Waals surface area (Å²) in [4.78, 5) is 6.26. The number of nitrogen functional groups attached to an aromatic ring is 1. The maximum Gasteiger partial charge on any atom is 0.187 e. The quantitative estimate of drug-likeness (QED) is 0.847. The molecule has 0 unspecified atom stereocenters. The lowest BCUT2D eigenvalue weighted by Gasteiger charge is -2.20. The van der Waals surface area contributed by atoms with E-state index in [2.05, 4.69) is 17.1 Å². The van der Waals surface area contributed by atoms with Crippen LogP contribution in [0.5, 0.6) is 0 Å². The number of benzene rings is 1. The van der Waals surface area contributed by atoms with E-state index >= 15 is 0 Å². The number of aliphatic hydroxyl groups excluding tert-OH is 1. The number of nitrogens with zero attached hydrogens (tertiary/aromatic N) is 2. The Hall–Kier alpha value is -1.59. The number of hydrogen-bond acceptors (Lipinski definition) is 5. The molecule has 0 aliphatic rings. The van der Waals surface area contributed by atoms with E-state index in [1.165, 1.54) is 16.9 Å². The van der Waals surface area contributed by atoms with Gasteiger partial charge in [0.2, 0.25) is 0 Å². The number of rotatable bonds is 5. The first-order valence-electron chi connectivity index (χ1n) is 5.40. The van der Waals surface area contributed by atoms with E-state index in [-0.39, 0.29) is 6.61 Å². The number of hydrogen-bond donors (Lipinski definition) is 2. The zero-order valence-corrected chi connectivity index (χ0v) is 10.2. The van der Waals surface area contributed by atoms with Gasteiger partial charge in [-0.25, -0.2) is 4.98 Å². The van der Waals surface area contributed by atoms with Crippen LogP contribution in [0.3, 0.4) is 0 Å². The lowest BCUT2D eigenvalue weighted by atomic mass is 10.2. The summed E-state index contributed by atoms with van der Waals surface area (Å²) in [6, 6.07) is 10.1. The summed E-state index contributed by atoms with van der Waals surface area (Å²) in [6.45, 7) is 1.39. The SMILES string of the molecule is Nc1cnc(N(CCO)Cc2ccccc2)s1. The molecule has 0 amide bonds. The highest BCUT2D eigenvalue weighted by atomic mass is 32.1. The summed E-state index contributed by atoms with van der Waals surface area (Å²) in [7, 11) is 0. The van der Waals surface area contributed by atoms with Crippen LogP contribution in [-0.2, 0) is 6.54 Å². The molecule has 0 saturated carbocycles. The normalized spacial score (nSPS) is 10.4. The standard InChI is InChI=1S/C12H15N3OS/c13-11-8-14-12(17-11)15(6-7-16)9-10-4-2-1-3-5-10/h1-5,8,16H,6-7,9,13H2. The lowest BCUT2D eigenvalue weighted by Crippen LogP contribution is -2.25. The molecule has 3 N–H and O–H groups in total. The molecule has 0 aliphatic heterocycles. The Morgan fingerprint density at radius 1 is 1.29 bits per heavy atom. The van der Waals surface area contributed by atoms with Crippen LogP contribution in [-0.4, -0.2) is 23.2 Å². The molecule has 1 heterocycles. The van der Waals surface area contributed by atoms with Crippen LogP contribution in [0.15, 0.2) is 36.5 Å². The summed E-state index contributed by atoms with van der Waals surface area (Å²) in [6.07, 6.45) is 1.65. The molecule has 4 nitrogen and oxygen atoms in total. The van der Waals surface area contributed by atoms with Gasteiger partial charge in [-0.05, 0) is 5.56 Å². The van der Waals surface area contributed by atoms with Gasteiger partial charge in [0.1, 0.15) is 5.00 Å². The molecule has 0 bridgehead atoms. The zero-order valence-electron chi connectivity index (χ0n) is 9.41. The Labute approximate surface area is 104 Å². The maximum atomic E-state index is 9.09. The number of anilines is 2. The third-order valence-electron chi connectivity index (χ3n) is 2.37. The molecule has 0 fully saturated rings. The Bertz CT molecular complexity index is 458. The van der Waals surface area contributed by atoms with Gasteiger partial charge < -0.3 is 15.7 Å². The molecular formula is C12H15N3OS. The second-order valence-corrected chi connectivity index (χ2v) is 4.72. The molecule has 0 aliphatic carbocycles. The van der Waals surface area contributed by atoms with Crippen LogP contribution in [0.2, 0.25) is 0 Å². The van der Waals surface area contributed by atoms with Gasteiger partial charge in [0, 0.05) is 13.1 Å². The fourth-order valence-corrected chi connectivity index (χ4v) is 2.30. The van der Waals surface area contributed by atoms with Crippen molar-refractivity contribution in [3.8, 4) is 0 Å². The second-order valence-electron chi connectivity index (χ2n) is 3.68. The summed E-state index contributed by atoms with van der Waals surface area (Å²) in [5, 5.41) is 10.6. The zero-order chi connectivity index (χ0) is 12.1. The van der Waals surface area contributed by atoms with Crippen molar-refractivity contribution in [2.45, 2.75) is 6.54 Å². The summed E-state index contributed by atoms with van der Waals surface area (Å²) in [5.74, 6) is 0. The average molecular weight is 249 g/mol. The summed E-state index contributed by atoms with van der Waals surface area (Å²) in [5.41, 5.74) is 6.86. The van der Waals surface area contributed by atoms with Crippen molar-refractivity contribution < 1.29 is 5.11 Å². The number of thiazole rings is 1. The van der Waals surface area contributed by atoms with Crippen LogP contribution in [0, 0.1) is 0 Å². The molecule has 0 spiro atoms. The molecule has 1 aromatic heterocycles. The minimum absolute atomic E-state index is 0.103. The molecule has 90 valence electrons. The van der Waals surface area contributed by atoms with Crippen molar-refractivity contribution in [3.05, 3.63) is 42.1 Å². The minimum atomic E-state index is 0.103. The fourth-order valence-electron chi connectivity index (χ4n) is 1.59. The number of aliphatic hydroxyl groups is 1. The van der Waals surface area contributed by atoms with Crippen LogP contribution < -0.4 is 10.6 Å². The molecule has 0 saturated heterocycles. The van der Waals surface area contributed by atoms with E-state index in [0.29, 0.717) is 11.5 Å². The fraction of sp³-hybridized carbons (Fsp3) is 0.250. The van der Waals surface area contributed by atoms with Gasteiger partial charge >= 0.3 is 0 Å². The van der Waals surface area contributed by atoms with Crippen molar-refractivity contribution >= 4 is 21.5 Å². The summed E-state index contributed by atoms with van der Waals surface area (Å²) < 4.78 is 0. The van der Waals surface area contributed by atoms with Crippen molar-refractivity contribution in [2.75, 3.05) is 23.8 Å². The molecular weight excluding hydrogens is 234 g/mol. The predicted molar refractivity (Wildman–Crippen MR) is 71.1 cm³/mol. The molecule has 2 rings (SSSR count). The number of aromatic nitrogens is 1. The molecule has 0 atom stereocenters. The van der Waals surface area contributed by atoms with Crippen molar-refractivity contribution in [1.29, 1.82) is 0 Å². The van der Waals surface area contributed by atoms with E-state index in [9.17, 15) is 0 Å². The Balaban J connectivity index is 2.13. The first-order valence-corrected chi connectivity index (χ1v) is 6.22. The second kappa shape index (κ2) is 5.65. The van der Waals surface area contributed by atoms with Crippen LogP contribution in [0.25, 0.3) is 0 Å². The largest absolute Gasteiger partial charge is 0.395 e. The highest BCUT2D eigenvalue weighted by Crippen LogP contribution is 2.25. The maximum absolute atomic E-state index is 9.09. The smallest absolute Gasteiger partial charge is 0.187 e. The van der Waals surface area contributed by atoms with Crippen molar-refractivity contribution in [2.24, 2.45) is 0 Å². The summed E-state index contributed by atoms with van der Waals surface area (Å²) >= 11 is 1.44. The van der Waals surface area contributed by atoms with E-state index < -0.39 is 0 Å². The van der Waals surface area contributed by atoms with Crippen molar-refractivity contribution in [1.82, 2.24) is 4.98 Å². The van der Waals surface area contributed by atoms with Crippen LogP contribution in [0.1, 0.15) is 5.56 Å². The molecule has 0 radical (unpaired) electrons. The highest BCUT2D eigenvalue weighted by Gasteiger charge is 2.10. The average Bonchev–Trinajstić information content (AvgIpc) is 2.77. The molecule has 1 aromatic carbocycles. The topological polar surface area (TPSA) is 62.4 Å². The van der Waals surface area contributed by atoms with E-state index in [0.717, 1.165) is 11.7 Å². The Kier molecular flexibility index (Phi) is 3.95. The van der Waals surface area contributed by atoms with Gasteiger partial charge in [0.25, 0.3) is 0 Å². The first-order chi connectivity index (χ1) is 8.29. The first kappa shape index (κ1) is 11.9. The third-order valence-corrected chi connectivity index (χ3v) is 3.26. The monoisotopic (exact) mass is 249 g/mol. The Morgan fingerprint density at radius 3 is 2.65 bits per heavy atom. The van der Waals surface area contributed by atoms with Crippen LogP contribution in [0.4, 0.5) is 10.1 Å². The van der Waals surface area contributed by atoms with Crippen molar-refractivity contribution in [3.63, 3.8) is 0 Å². The van der Waals surface area contributed by atoms with Gasteiger partial charge in [-0.1, -0.05) is 41.7 Å². The molecule has 17 heavy (non-hydrogen) atoms. The third kappa shape index (κ3) is 3.18. The van der Waals surface area contributed by atoms with E-state index in [1.54, 1.807) is 6.20 Å². The highest BCUT2D eigenvalue weighted by molar-refractivity contribution is 7.19. The van der Waals surface area contributed by atoms with Gasteiger partial charge in [-0.15, -0.1) is 0 Å². The van der Waals surface area contributed by atoms with Gasteiger partial charge in [0.05, 0.1) is 12.8 Å². The van der Waals surface area contributed by atoms with Gasteiger partial charge in [-0.2, -0.15) is 0 Å². The van der Waals surface area contributed by atoms with E-state index in [1.807, 2.05) is 23.1 Å². The number of nitrogens with two attached hydrogens (primary N) is 1.